The van der Waals surface area contributed by atoms with Gasteiger partial charge in [0.2, 0.25) is 0 Å². The molecule has 0 aliphatic rings. The third-order valence-electron chi connectivity index (χ3n) is 3.45. The molecular weight excluding hydrogens is 296 g/mol. The lowest BCUT2D eigenvalue weighted by Crippen LogP contribution is -2.26. The third kappa shape index (κ3) is 4.08. The molecule has 0 radical (unpaired) electrons. The number of carbonyl (C=O) groups is 2. The van der Waals surface area contributed by atoms with Gasteiger partial charge in [0, 0.05) is 11.1 Å². The van der Waals surface area contributed by atoms with Crippen LogP contribution in [0.1, 0.15) is 39.2 Å². The summed E-state index contributed by atoms with van der Waals surface area (Å²) in [6, 6.07) is 13.3. The minimum absolute atomic E-state index is 0.214. The highest BCUT2D eigenvalue weighted by atomic mass is 16.5. The Morgan fingerprint density at radius 1 is 1.04 bits per heavy atom. The molecular formula is C17H18N2O4. The van der Waals surface area contributed by atoms with E-state index >= 15 is 0 Å². The Bertz CT molecular complexity index is 698. The van der Waals surface area contributed by atoms with Crippen LogP contribution in [0, 0.1) is 0 Å². The summed E-state index contributed by atoms with van der Waals surface area (Å²) in [6.07, 6.45) is 0. The number of hydroxylamine groups is 1. The average molecular weight is 314 g/mol. The maximum atomic E-state index is 12.3. The summed E-state index contributed by atoms with van der Waals surface area (Å²) < 4.78 is 5.10. The molecule has 0 fully saturated rings. The molecule has 23 heavy (non-hydrogen) atoms. The molecule has 0 saturated carbocycles. The fraction of sp³-hybridized carbons (Fsp3) is 0.176. The molecule has 2 aromatic carbocycles. The summed E-state index contributed by atoms with van der Waals surface area (Å²) in [7, 11) is 1.55. The Kier molecular flexibility index (Phi) is 5.32. The Balaban J connectivity index is 2.07. The Labute approximate surface area is 134 Å². The van der Waals surface area contributed by atoms with Gasteiger partial charge in [-0.3, -0.25) is 14.8 Å². The predicted octanol–water partition coefficient (Wildman–Crippen LogP) is 2.31. The van der Waals surface area contributed by atoms with Gasteiger partial charge in [0.15, 0.2) is 0 Å². The first kappa shape index (κ1) is 16.5. The quantitative estimate of drug-likeness (QED) is 0.584. The largest absolute Gasteiger partial charge is 0.497 e. The van der Waals surface area contributed by atoms with Gasteiger partial charge in [-0.25, -0.2) is 5.48 Å². The van der Waals surface area contributed by atoms with Gasteiger partial charge in [0.1, 0.15) is 5.75 Å². The molecule has 0 aliphatic carbocycles. The molecule has 1 unspecified atom stereocenters. The van der Waals surface area contributed by atoms with Crippen LogP contribution in [0.25, 0.3) is 0 Å². The summed E-state index contributed by atoms with van der Waals surface area (Å²) in [4.78, 5) is 23.5. The van der Waals surface area contributed by atoms with Gasteiger partial charge in [-0.2, -0.15) is 0 Å². The number of amides is 2. The normalized spacial score (nSPS) is 11.4. The lowest BCUT2D eigenvalue weighted by atomic mass is 10.1. The van der Waals surface area contributed by atoms with E-state index < -0.39 is 5.91 Å². The van der Waals surface area contributed by atoms with E-state index in [0.717, 1.165) is 5.56 Å². The Hall–Kier alpha value is -2.86. The second kappa shape index (κ2) is 7.42. The van der Waals surface area contributed by atoms with Crippen molar-refractivity contribution in [3.63, 3.8) is 0 Å². The standard InChI is InChI=1S/C17H18N2O4/c1-11(12-6-8-13(9-7-12)17(21)19-22)18-16(20)14-4-3-5-15(10-14)23-2/h3-11,22H,1-2H3,(H,18,20)(H,19,21). The van der Waals surface area contributed by atoms with Crippen molar-refractivity contribution in [2.75, 3.05) is 7.11 Å². The van der Waals surface area contributed by atoms with Crippen LogP contribution in [0.3, 0.4) is 0 Å². The highest BCUT2D eigenvalue weighted by Gasteiger charge is 2.13. The number of nitrogens with one attached hydrogen (secondary N) is 2. The van der Waals surface area contributed by atoms with Gasteiger partial charge in [0.25, 0.3) is 11.8 Å². The van der Waals surface area contributed by atoms with Crippen molar-refractivity contribution in [1.82, 2.24) is 10.8 Å². The molecule has 6 nitrogen and oxygen atoms in total. The van der Waals surface area contributed by atoms with E-state index in [1.807, 2.05) is 6.92 Å². The summed E-state index contributed by atoms with van der Waals surface area (Å²) in [5.41, 5.74) is 3.26. The lowest BCUT2D eigenvalue weighted by molar-refractivity contribution is 0.0706. The molecule has 0 saturated heterocycles. The van der Waals surface area contributed by atoms with Crippen LogP contribution in [0.5, 0.6) is 5.75 Å². The van der Waals surface area contributed by atoms with Crippen LogP contribution in [0.2, 0.25) is 0 Å². The number of benzene rings is 2. The van der Waals surface area contributed by atoms with E-state index in [4.69, 9.17) is 9.94 Å². The first-order valence-electron chi connectivity index (χ1n) is 7.04. The van der Waals surface area contributed by atoms with Crippen LogP contribution in [-0.4, -0.2) is 24.1 Å². The number of hydrogen-bond donors (Lipinski definition) is 3. The molecule has 0 heterocycles. The van der Waals surface area contributed by atoms with E-state index in [1.54, 1.807) is 61.1 Å². The summed E-state index contributed by atoms with van der Waals surface area (Å²) in [6.45, 7) is 1.85. The van der Waals surface area contributed by atoms with Crippen LogP contribution >= 0.6 is 0 Å². The van der Waals surface area contributed by atoms with Crippen molar-refractivity contribution < 1.29 is 19.5 Å². The van der Waals surface area contributed by atoms with Crippen molar-refractivity contribution in [2.45, 2.75) is 13.0 Å². The van der Waals surface area contributed by atoms with E-state index in [-0.39, 0.29) is 11.9 Å². The number of ether oxygens (including phenoxy) is 1. The predicted molar refractivity (Wildman–Crippen MR) is 84.6 cm³/mol. The number of hydrogen-bond acceptors (Lipinski definition) is 4. The van der Waals surface area contributed by atoms with Gasteiger partial charge < -0.3 is 10.1 Å². The molecule has 2 aromatic rings. The Morgan fingerprint density at radius 3 is 2.35 bits per heavy atom. The van der Waals surface area contributed by atoms with Crippen molar-refractivity contribution in [3.05, 3.63) is 65.2 Å². The zero-order valence-electron chi connectivity index (χ0n) is 12.9. The first-order valence-corrected chi connectivity index (χ1v) is 7.04. The van der Waals surface area contributed by atoms with E-state index in [2.05, 4.69) is 5.32 Å². The van der Waals surface area contributed by atoms with Crippen molar-refractivity contribution >= 4 is 11.8 Å². The summed E-state index contributed by atoms with van der Waals surface area (Å²) in [5.74, 6) is -0.178. The van der Waals surface area contributed by atoms with Gasteiger partial charge >= 0.3 is 0 Å². The topological polar surface area (TPSA) is 87.7 Å². The minimum Gasteiger partial charge on any atom is -0.497 e. The van der Waals surface area contributed by atoms with Crippen molar-refractivity contribution in [2.24, 2.45) is 0 Å². The van der Waals surface area contributed by atoms with E-state index in [9.17, 15) is 9.59 Å². The number of rotatable bonds is 5. The number of carbonyl (C=O) groups excluding carboxylic acids is 2. The van der Waals surface area contributed by atoms with Crippen molar-refractivity contribution in [3.8, 4) is 5.75 Å². The van der Waals surface area contributed by atoms with Gasteiger partial charge in [-0.05, 0) is 42.8 Å². The van der Waals surface area contributed by atoms with Gasteiger partial charge in [0.05, 0.1) is 13.2 Å². The molecule has 120 valence electrons. The van der Waals surface area contributed by atoms with Gasteiger partial charge in [-0.1, -0.05) is 18.2 Å². The van der Waals surface area contributed by atoms with E-state index in [1.165, 1.54) is 0 Å². The Morgan fingerprint density at radius 2 is 1.74 bits per heavy atom. The van der Waals surface area contributed by atoms with Gasteiger partial charge in [-0.15, -0.1) is 0 Å². The SMILES string of the molecule is COc1cccc(C(=O)NC(C)c2ccc(C(=O)NO)cc2)c1. The molecule has 2 amide bonds. The molecule has 0 aromatic heterocycles. The average Bonchev–Trinajstić information content (AvgIpc) is 2.61. The molecule has 6 heteroatoms. The molecule has 0 spiro atoms. The molecule has 0 aliphatic heterocycles. The fourth-order valence-electron chi connectivity index (χ4n) is 2.12. The highest BCUT2D eigenvalue weighted by molar-refractivity contribution is 5.95. The second-order valence-corrected chi connectivity index (χ2v) is 4.99. The van der Waals surface area contributed by atoms with E-state index in [0.29, 0.717) is 16.9 Å². The number of methoxy groups -OCH3 is 1. The van der Waals surface area contributed by atoms with Crippen LogP contribution in [-0.2, 0) is 0 Å². The summed E-state index contributed by atoms with van der Waals surface area (Å²) in [5, 5.41) is 11.5. The molecule has 1 atom stereocenters. The zero-order chi connectivity index (χ0) is 16.8. The zero-order valence-corrected chi connectivity index (χ0v) is 12.9. The maximum Gasteiger partial charge on any atom is 0.274 e. The highest BCUT2D eigenvalue weighted by Crippen LogP contribution is 2.16. The smallest absolute Gasteiger partial charge is 0.274 e. The monoisotopic (exact) mass is 314 g/mol. The first-order chi connectivity index (χ1) is 11.0. The van der Waals surface area contributed by atoms with Crippen molar-refractivity contribution in [1.29, 1.82) is 0 Å². The fourth-order valence-corrected chi connectivity index (χ4v) is 2.12. The molecule has 0 bridgehead atoms. The van der Waals surface area contributed by atoms with Crippen LogP contribution < -0.4 is 15.5 Å². The third-order valence-corrected chi connectivity index (χ3v) is 3.45. The molecule has 3 N–H and O–H groups in total. The summed E-state index contributed by atoms with van der Waals surface area (Å²) >= 11 is 0. The lowest BCUT2D eigenvalue weighted by Gasteiger charge is -2.15. The molecule has 2 rings (SSSR count). The van der Waals surface area contributed by atoms with Crippen LogP contribution in [0.4, 0.5) is 0 Å². The maximum absolute atomic E-state index is 12.3. The minimum atomic E-state index is -0.579. The van der Waals surface area contributed by atoms with Crippen LogP contribution in [0.15, 0.2) is 48.5 Å². The second-order valence-electron chi connectivity index (χ2n) is 4.99.